The van der Waals surface area contributed by atoms with Crippen LogP contribution in [0, 0.1) is 5.92 Å². The van der Waals surface area contributed by atoms with Crippen LogP contribution in [0.25, 0.3) is 0 Å². The minimum atomic E-state index is -1.45. The lowest BCUT2D eigenvalue weighted by Crippen LogP contribution is -2.41. The first-order chi connectivity index (χ1) is 7.16. The van der Waals surface area contributed by atoms with Gasteiger partial charge in [0.05, 0.1) is 12.7 Å². The molecule has 1 nitrogen and oxygen atoms in total. The molecule has 0 saturated heterocycles. The highest BCUT2D eigenvalue weighted by Gasteiger charge is 2.38. The summed E-state index contributed by atoms with van der Waals surface area (Å²) in [5.41, 5.74) is 0. The Morgan fingerprint density at radius 3 is 2.60 bits per heavy atom. The molecule has 88 valence electrons. The lowest BCUT2D eigenvalue weighted by molar-refractivity contribution is -0.0631. The second-order valence-electron chi connectivity index (χ2n) is 4.19. The van der Waals surface area contributed by atoms with E-state index in [9.17, 15) is 8.78 Å². The highest BCUT2D eigenvalue weighted by atomic mass is 19.2. The molecule has 15 heavy (non-hydrogen) atoms. The molecule has 4 atom stereocenters. The van der Waals surface area contributed by atoms with Crippen LogP contribution in [0.5, 0.6) is 0 Å². The van der Waals surface area contributed by atoms with Gasteiger partial charge in [0.1, 0.15) is 6.17 Å². The minimum absolute atomic E-state index is 0.175. The van der Waals surface area contributed by atoms with Crippen LogP contribution in [-0.4, -0.2) is 25.1 Å². The molecule has 0 aliphatic heterocycles. The van der Waals surface area contributed by atoms with Crippen molar-refractivity contribution in [3.05, 3.63) is 12.2 Å². The Bertz CT molecular complexity index is 206. The maximum absolute atomic E-state index is 13.5. The third-order valence-electron chi connectivity index (χ3n) is 2.92. The second kappa shape index (κ2) is 6.21. The first kappa shape index (κ1) is 12.6. The van der Waals surface area contributed by atoms with Gasteiger partial charge < -0.3 is 4.74 Å². The predicted molar refractivity (Wildman–Crippen MR) is 57.4 cm³/mol. The third-order valence-corrected chi connectivity index (χ3v) is 2.92. The first-order valence-corrected chi connectivity index (χ1v) is 5.71. The Morgan fingerprint density at radius 2 is 1.93 bits per heavy atom. The monoisotopic (exact) mass is 218 g/mol. The van der Waals surface area contributed by atoms with Gasteiger partial charge in [-0.1, -0.05) is 26.0 Å². The average molecular weight is 218 g/mol. The summed E-state index contributed by atoms with van der Waals surface area (Å²) in [5.74, 6) is -0.175. The van der Waals surface area contributed by atoms with E-state index in [1.165, 1.54) is 0 Å². The van der Waals surface area contributed by atoms with Crippen molar-refractivity contribution in [1.29, 1.82) is 0 Å². The molecule has 0 heterocycles. The van der Waals surface area contributed by atoms with E-state index in [-0.39, 0.29) is 5.92 Å². The summed E-state index contributed by atoms with van der Waals surface area (Å²) < 4.78 is 32.1. The summed E-state index contributed by atoms with van der Waals surface area (Å²) in [6.45, 7) is 4.17. The Labute approximate surface area is 90.5 Å². The number of hydrogen-bond acceptors (Lipinski definition) is 1. The number of alkyl halides is 2. The van der Waals surface area contributed by atoms with Crippen molar-refractivity contribution < 1.29 is 13.5 Å². The van der Waals surface area contributed by atoms with Crippen LogP contribution in [0.1, 0.15) is 33.1 Å². The molecule has 1 rings (SSSR count). The van der Waals surface area contributed by atoms with E-state index in [1.54, 1.807) is 6.92 Å². The van der Waals surface area contributed by atoms with Crippen molar-refractivity contribution in [3.63, 3.8) is 0 Å². The van der Waals surface area contributed by atoms with E-state index in [4.69, 9.17) is 4.74 Å². The topological polar surface area (TPSA) is 9.23 Å². The van der Waals surface area contributed by atoms with Gasteiger partial charge in [-0.25, -0.2) is 8.78 Å². The van der Waals surface area contributed by atoms with Crippen molar-refractivity contribution in [1.82, 2.24) is 0 Å². The Balaban J connectivity index is 2.32. The number of rotatable bonds is 4. The standard InChI is InChI=1S/C12H20F2O/c1-3-4-5-8-15-10-7-6-9(2)11(13)12(10)14/h4-5,9-12H,3,6-8H2,1-2H3. The second-order valence-corrected chi connectivity index (χ2v) is 4.19. The first-order valence-electron chi connectivity index (χ1n) is 5.71. The SMILES string of the molecule is CCC=CCOC1CCC(C)C(F)C1F. The van der Waals surface area contributed by atoms with Gasteiger partial charge in [-0.3, -0.25) is 0 Å². The van der Waals surface area contributed by atoms with Gasteiger partial charge in [-0.15, -0.1) is 0 Å². The number of ether oxygens (including phenoxy) is 1. The molecule has 0 amide bonds. The van der Waals surface area contributed by atoms with E-state index in [2.05, 4.69) is 0 Å². The molecule has 0 aromatic carbocycles. The molecule has 4 unspecified atom stereocenters. The molecule has 0 radical (unpaired) electrons. The van der Waals surface area contributed by atoms with Crippen molar-refractivity contribution in [2.75, 3.05) is 6.61 Å². The van der Waals surface area contributed by atoms with Crippen molar-refractivity contribution in [2.24, 2.45) is 5.92 Å². The lowest BCUT2D eigenvalue weighted by Gasteiger charge is -2.32. The zero-order chi connectivity index (χ0) is 11.3. The van der Waals surface area contributed by atoms with Crippen LogP contribution in [0.15, 0.2) is 12.2 Å². The predicted octanol–water partition coefficient (Wildman–Crippen LogP) is 3.44. The van der Waals surface area contributed by atoms with E-state index in [1.807, 2.05) is 19.1 Å². The molecule has 0 aromatic heterocycles. The zero-order valence-electron chi connectivity index (χ0n) is 9.46. The molecule has 3 heteroatoms. The fraction of sp³-hybridized carbons (Fsp3) is 0.833. The van der Waals surface area contributed by atoms with E-state index < -0.39 is 18.4 Å². The maximum Gasteiger partial charge on any atom is 0.157 e. The molecule has 1 aliphatic carbocycles. The summed E-state index contributed by atoms with van der Waals surface area (Å²) >= 11 is 0. The molecule has 0 N–H and O–H groups in total. The van der Waals surface area contributed by atoms with Crippen molar-refractivity contribution in [3.8, 4) is 0 Å². The highest BCUT2D eigenvalue weighted by molar-refractivity contribution is 4.88. The van der Waals surface area contributed by atoms with Gasteiger partial charge in [0.25, 0.3) is 0 Å². The van der Waals surface area contributed by atoms with Crippen molar-refractivity contribution >= 4 is 0 Å². The van der Waals surface area contributed by atoms with Crippen LogP contribution in [0.2, 0.25) is 0 Å². The van der Waals surface area contributed by atoms with Gasteiger partial charge in [-0.2, -0.15) is 0 Å². The summed E-state index contributed by atoms with van der Waals surface area (Å²) in [7, 11) is 0. The summed E-state index contributed by atoms with van der Waals surface area (Å²) in [6, 6.07) is 0. The molecule has 1 fully saturated rings. The smallest absolute Gasteiger partial charge is 0.157 e. The van der Waals surface area contributed by atoms with E-state index >= 15 is 0 Å². The fourth-order valence-electron chi connectivity index (χ4n) is 1.85. The maximum atomic E-state index is 13.5. The third kappa shape index (κ3) is 3.56. The molecule has 0 spiro atoms. The number of allylic oxidation sites excluding steroid dienone is 1. The molecule has 0 aromatic rings. The Morgan fingerprint density at radius 1 is 1.20 bits per heavy atom. The Kier molecular flexibility index (Phi) is 5.23. The molecular formula is C12H20F2O. The lowest BCUT2D eigenvalue weighted by atomic mass is 9.85. The van der Waals surface area contributed by atoms with Crippen LogP contribution >= 0.6 is 0 Å². The average Bonchev–Trinajstić information content (AvgIpc) is 2.24. The van der Waals surface area contributed by atoms with Crippen molar-refractivity contribution in [2.45, 2.75) is 51.6 Å². The number of halogens is 2. The highest BCUT2D eigenvalue weighted by Crippen LogP contribution is 2.31. The van der Waals surface area contributed by atoms with Crippen LogP contribution in [-0.2, 0) is 4.74 Å². The minimum Gasteiger partial charge on any atom is -0.371 e. The van der Waals surface area contributed by atoms with Gasteiger partial charge in [0.2, 0.25) is 0 Å². The largest absolute Gasteiger partial charge is 0.371 e. The molecule has 1 aliphatic rings. The molecule has 0 bridgehead atoms. The molecular weight excluding hydrogens is 198 g/mol. The fourth-order valence-corrected chi connectivity index (χ4v) is 1.85. The van der Waals surface area contributed by atoms with Gasteiger partial charge >= 0.3 is 0 Å². The zero-order valence-corrected chi connectivity index (χ0v) is 9.46. The summed E-state index contributed by atoms with van der Waals surface area (Å²) in [6.07, 6.45) is 2.73. The normalized spacial score (nSPS) is 37.3. The molecule has 1 saturated carbocycles. The van der Waals surface area contributed by atoms with Crippen LogP contribution < -0.4 is 0 Å². The number of hydrogen-bond donors (Lipinski definition) is 0. The quantitative estimate of drug-likeness (QED) is 0.657. The van der Waals surface area contributed by atoms with Gasteiger partial charge in [-0.05, 0) is 25.2 Å². The van der Waals surface area contributed by atoms with Gasteiger partial charge in [0, 0.05) is 0 Å². The van der Waals surface area contributed by atoms with Gasteiger partial charge in [0.15, 0.2) is 6.17 Å². The van der Waals surface area contributed by atoms with E-state index in [0.29, 0.717) is 19.4 Å². The summed E-state index contributed by atoms with van der Waals surface area (Å²) in [4.78, 5) is 0. The summed E-state index contributed by atoms with van der Waals surface area (Å²) in [5, 5.41) is 0. The Hall–Kier alpha value is -0.440. The van der Waals surface area contributed by atoms with Crippen LogP contribution in [0.4, 0.5) is 8.78 Å². The van der Waals surface area contributed by atoms with Crippen LogP contribution in [0.3, 0.4) is 0 Å². The van der Waals surface area contributed by atoms with E-state index in [0.717, 1.165) is 6.42 Å².